The number of carbonyl (C=O) groups is 2. The zero-order chi connectivity index (χ0) is 21.4. The Kier molecular flexibility index (Phi) is 8.32. The van der Waals surface area contributed by atoms with Crippen LogP contribution in [-0.2, 0) is 30.3 Å². The summed E-state index contributed by atoms with van der Waals surface area (Å²) in [6, 6.07) is -1.00. The van der Waals surface area contributed by atoms with E-state index in [0.717, 1.165) is 0 Å². The highest BCUT2D eigenvalue weighted by atomic mass is 18.2. The Hall–Kier alpha value is -2.27. The van der Waals surface area contributed by atoms with E-state index >= 15 is 0 Å². The topological polar surface area (TPSA) is 105 Å². The largest absolute Gasteiger partial charge is 0.467 e. The molecule has 0 spiro atoms. The molecule has 11 heteroatoms. The third-order valence-electron chi connectivity index (χ3n) is 4.16. The van der Waals surface area contributed by atoms with Gasteiger partial charge in [0.25, 0.3) is 0 Å². The monoisotopic (exact) mass is 415 g/mol. The maximum atomic E-state index is 12.5. The quantitative estimate of drug-likeness (QED) is 0.441. The molecule has 10 nitrogen and oxygen atoms in total. The number of carbonyl (C=O) groups excluding carboxylic acids is 2. The number of halogens is 1. The molecule has 1 saturated heterocycles. The Balaban J connectivity index is 1.96. The number of hydrogen-bond acceptors (Lipinski definition) is 8. The van der Waals surface area contributed by atoms with E-state index in [4.69, 9.17) is 18.9 Å². The van der Waals surface area contributed by atoms with Crippen molar-refractivity contribution >= 4 is 12.1 Å². The van der Waals surface area contributed by atoms with Crippen molar-refractivity contribution < 1.29 is 32.9 Å². The van der Waals surface area contributed by atoms with Crippen LogP contribution in [0.1, 0.15) is 38.9 Å². The molecule has 1 aliphatic rings. The minimum absolute atomic E-state index is 0.0523. The molecule has 1 aromatic rings. The maximum absolute atomic E-state index is 12.5. The van der Waals surface area contributed by atoms with E-state index in [9.17, 15) is 14.0 Å². The van der Waals surface area contributed by atoms with Crippen molar-refractivity contribution in [1.29, 1.82) is 0 Å². The first-order chi connectivity index (χ1) is 13.7. The number of esters is 1. The van der Waals surface area contributed by atoms with E-state index in [0.29, 0.717) is 25.3 Å². The van der Waals surface area contributed by atoms with Crippen LogP contribution < -0.4 is 0 Å². The number of aromatic nitrogens is 3. The highest BCUT2D eigenvalue weighted by molar-refractivity contribution is 5.82. The van der Waals surface area contributed by atoms with Crippen molar-refractivity contribution in [1.82, 2.24) is 19.9 Å². The Morgan fingerprint density at radius 1 is 1.24 bits per heavy atom. The molecule has 1 aromatic heterocycles. The van der Waals surface area contributed by atoms with Crippen molar-refractivity contribution in [3.8, 4) is 0 Å². The summed E-state index contributed by atoms with van der Waals surface area (Å²) in [6.07, 6.45) is 1.47. The summed E-state index contributed by atoms with van der Waals surface area (Å²) in [5.74, 6) is -0.504. The second kappa shape index (κ2) is 10.5. The number of ether oxygens (including phenoxy) is 4. The van der Waals surface area contributed by atoms with Crippen LogP contribution in [-0.4, -0.2) is 83.7 Å². The van der Waals surface area contributed by atoms with E-state index in [2.05, 4.69) is 10.3 Å². The molecule has 0 N–H and O–H groups in total. The van der Waals surface area contributed by atoms with Gasteiger partial charge in [0.15, 0.2) is 0 Å². The normalized spacial score (nSPS) is 19.4. The molecule has 1 fully saturated rings. The number of nitrogens with zero attached hydrogens (tertiary/aromatic N) is 4. The van der Waals surface area contributed by atoms with Gasteiger partial charge in [-0.3, -0.25) is 4.90 Å². The Morgan fingerprint density at radius 3 is 2.62 bits per heavy atom. The molecule has 0 unspecified atom stereocenters. The van der Waals surface area contributed by atoms with Gasteiger partial charge in [-0.15, -0.1) is 5.10 Å². The van der Waals surface area contributed by atoms with Crippen LogP contribution >= 0.6 is 0 Å². The summed E-state index contributed by atoms with van der Waals surface area (Å²) in [7, 11) is 1.28. The first-order valence-electron chi connectivity index (χ1n) is 9.44. The van der Waals surface area contributed by atoms with Crippen LogP contribution in [0, 0.1) is 0 Å². The number of amides is 1. The smallest absolute Gasteiger partial charge is 0.411 e. The number of rotatable bonds is 9. The molecule has 2 atom stereocenters. The zero-order valence-corrected chi connectivity index (χ0v) is 17.3. The number of alkyl halides is 1. The number of likely N-dealkylation sites (tertiary alicyclic amines) is 1. The lowest BCUT2D eigenvalue weighted by Gasteiger charge is -2.27. The molecule has 1 aliphatic heterocycles. The van der Waals surface area contributed by atoms with Crippen LogP contribution in [0.5, 0.6) is 0 Å². The Labute approximate surface area is 169 Å². The van der Waals surface area contributed by atoms with E-state index < -0.39 is 30.4 Å². The van der Waals surface area contributed by atoms with Crippen molar-refractivity contribution in [3.63, 3.8) is 0 Å². The lowest BCUT2D eigenvalue weighted by atomic mass is 10.2. The van der Waals surface area contributed by atoms with Crippen molar-refractivity contribution in [2.75, 3.05) is 40.1 Å². The predicted octanol–water partition coefficient (Wildman–Crippen LogP) is 1.50. The molecular weight excluding hydrogens is 386 g/mol. The van der Waals surface area contributed by atoms with E-state index in [1.54, 1.807) is 31.6 Å². The molecule has 0 aliphatic carbocycles. The fraction of sp³-hybridized carbons (Fsp3) is 0.778. The molecule has 0 saturated carbocycles. The minimum Gasteiger partial charge on any atom is -0.467 e. The Bertz CT molecular complexity index is 678. The van der Waals surface area contributed by atoms with E-state index in [-0.39, 0.29) is 25.8 Å². The standard InChI is InChI=1S/C18H29FN4O6/c1-18(2,3)29-17(25)22-11-14(9-15(22)16(24)26-4)23-10-13(20-21-23)12-28-8-7-27-6-5-19/h10,14-15H,5-9,11-12H2,1-4H3/t14-,15-/m0/s1/i19-1. The number of hydrogen-bond donors (Lipinski definition) is 0. The van der Waals surface area contributed by atoms with Crippen LogP contribution in [0.15, 0.2) is 6.20 Å². The van der Waals surface area contributed by atoms with Gasteiger partial charge in [-0.1, -0.05) is 5.21 Å². The fourth-order valence-corrected chi connectivity index (χ4v) is 2.90. The van der Waals surface area contributed by atoms with Crippen LogP contribution in [0.4, 0.5) is 9.18 Å². The van der Waals surface area contributed by atoms with Gasteiger partial charge in [-0.2, -0.15) is 0 Å². The van der Waals surface area contributed by atoms with Crippen molar-refractivity contribution in [3.05, 3.63) is 11.9 Å². The van der Waals surface area contributed by atoms with Gasteiger partial charge in [0.05, 0.1) is 45.8 Å². The molecule has 1 amide bonds. The molecule has 2 rings (SSSR count). The molecule has 29 heavy (non-hydrogen) atoms. The van der Waals surface area contributed by atoms with E-state index in [1.165, 1.54) is 12.0 Å². The van der Waals surface area contributed by atoms with Crippen LogP contribution in [0.2, 0.25) is 0 Å². The SMILES string of the molecule is COC(=O)[C@@H]1C[C@H](n2cc(COCCOCC[18F])nn2)CN1C(=O)OC(C)(C)C. The third-order valence-corrected chi connectivity index (χ3v) is 4.16. The summed E-state index contributed by atoms with van der Waals surface area (Å²) in [5.41, 5.74) is -0.0811. The molecule has 2 heterocycles. The molecule has 0 aromatic carbocycles. The van der Waals surface area contributed by atoms with Gasteiger partial charge in [-0.05, 0) is 20.8 Å². The summed E-state index contributed by atoms with van der Waals surface area (Å²) in [5, 5.41) is 8.14. The van der Waals surface area contributed by atoms with Crippen molar-refractivity contribution in [2.24, 2.45) is 0 Å². The molecule has 0 bridgehead atoms. The summed E-state index contributed by atoms with van der Waals surface area (Å²) < 4.78 is 34.2. The average Bonchev–Trinajstić information content (AvgIpc) is 3.29. The van der Waals surface area contributed by atoms with Crippen molar-refractivity contribution in [2.45, 2.75) is 51.5 Å². The minimum atomic E-state index is -0.753. The maximum Gasteiger partial charge on any atom is 0.411 e. The second-order valence-electron chi connectivity index (χ2n) is 7.61. The average molecular weight is 415 g/mol. The van der Waals surface area contributed by atoms with Crippen LogP contribution in [0.25, 0.3) is 0 Å². The second-order valence-corrected chi connectivity index (χ2v) is 7.61. The highest BCUT2D eigenvalue weighted by Gasteiger charge is 2.43. The number of methoxy groups -OCH3 is 1. The lowest BCUT2D eigenvalue weighted by Crippen LogP contribution is -2.43. The van der Waals surface area contributed by atoms with Gasteiger partial charge < -0.3 is 18.9 Å². The van der Waals surface area contributed by atoms with Gasteiger partial charge in [0.2, 0.25) is 0 Å². The third kappa shape index (κ3) is 6.93. The summed E-state index contributed by atoms with van der Waals surface area (Å²) in [6.45, 7) is 5.89. The lowest BCUT2D eigenvalue weighted by molar-refractivity contribution is -0.145. The first-order valence-corrected chi connectivity index (χ1v) is 9.44. The Morgan fingerprint density at radius 2 is 1.97 bits per heavy atom. The molecule has 164 valence electrons. The highest BCUT2D eigenvalue weighted by Crippen LogP contribution is 2.29. The summed E-state index contributed by atoms with van der Waals surface area (Å²) >= 11 is 0. The van der Waals surface area contributed by atoms with Gasteiger partial charge in [-0.25, -0.2) is 18.7 Å². The molecular formula is C18H29FN4O6. The van der Waals surface area contributed by atoms with Gasteiger partial charge in [0, 0.05) is 13.0 Å². The predicted molar refractivity (Wildman–Crippen MR) is 98.9 cm³/mol. The van der Waals surface area contributed by atoms with Gasteiger partial charge in [0.1, 0.15) is 24.0 Å². The van der Waals surface area contributed by atoms with Gasteiger partial charge >= 0.3 is 12.1 Å². The summed E-state index contributed by atoms with van der Waals surface area (Å²) in [4.78, 5) is 26.0. The van der Waals surface area contributed by atoms with E-state index in [1.807, 2.05) is 0 Å². The fourth-order valence-electron chi connectivity index (χ4n) is 2.90. The molecule has 0 radical (unpaired) electrons. The zero-order valence-electron chi connectivity index (χ0n) is 17.3. The first kappa shape index (κ1) is 23.0. The van der Waals surface area contributed by atoms with Crippen LogP contribution in [0.3, 0.4) is 0 Å².